The number of carbonyl (C=O) groups is 1. The van der Waals surface area contributed by atoms with Crippen LogP contribution in [0.15, 0.2) is 0 Å². The summed E-state index contributed by atoms with van der Waals surface area (Å²) in [5, 5.41) is 0. The molecule has 0 aliphatic rings. The molecule has 0 radical (unpaired) electrons. The minimum absolute atomic E-state index is 0.188. The van der Waals surface area contributed by atoms with Crippen LogP contribution in [0.1, 0.15) is 20.3 Å². The number of methoxy groups -OCH3 is 1. The summed E-state index contributed by atoms with van der Waals surface area (Å²) >= 11 is 0. The average Bonchev–Trinajstić information content (AvgIpc) is 2.13. The first-order valence-corrected chi connectivity index (χ1v) is 5.94. The number of carbonyl (C=O) groups excluding carboxylic acids is 1. The van der Waals surface area contributed by atoms with Crippen molar-refractivity contribution < 1.29 is 17.9 Å². The number of terminal acetylenes is 1. The highest BCUT2D eigenvalue weighted by Crippen LogP contribution is 2.03. The third kappa shape index (κ3) is 6.10. The van der Waals surface area contributed by atoms with Gasteiger partial charge >= 0.3 is 5.97 Å². The highest BCUT2D eigenvalue weighted by atomic mass is 32.2. The van der Waals surface area contributed by atoms with Gasteiger partial charge < -0.3 is 4.74 Å². The van der Waals surface area contributed by atoms with E-state index in [0.29, 0.717) is 0 Å². The van der Waals surface area contributed by atoms with Gasteiger partial charge in [-0.1, -0.05) is 5.92 Å². The Morgan fingerprint density at radius 1 is 1.53 bits per heavy atom. The van der Waals surface area contributed by atoms with Crippen molar-refractivity contribution in [2.24, 2.45) is 0 Å². The monoisotopic (exact) mass is 233 g/mol. The Morgan fingerprint density at radius 3 is 2.47 bits per heavy atom. The molecule has 0 aliphatic heterocycles. The number of sulfonamides is 1. The average molecular weight is 233 g/mol. The quantitative estimate of drug-likeness (QED) is 0.531. The van der Waals surface area contributed by atoms with Gasteiger partial charge in [0.15, 0.2) is 0 Å². The molecule has 0 rings (SSSR count). The van der Waals surface area contributed by atoms with Gasteiger partial charge in [0, 0.05) is 0 Å². The number of nitrogens with one attached hydrogen (secondary N) is 1. The van der Waals surface area contributed by atoms with E-state index in [1.807, 2.05) is 0 Å². The molecule has 0 aliphatic carbocycles. The van der Waals surface area contributed by atoms with E-state index in [9.17, 15) is 13.2 Å². The maximum atomic E-state index is 11.4. The maximum absolute atomic E-state index is 11.4. The van der Waals surface area contributed by atoms with E-state index in [2.05, 4.69) is 15.4 Å². The molecule has 0 unspecified atom stereocenters. The lowest BCUT2D eigenvalue weighted by atomic mass is 10.1. The molecule has 0 saturated heterocycles. The molecular weight excluding hydrogens is 218 g/mol. The van der Waals surface area contributed by atoms with Crippen LogP contribution in [0.25, 0.3) is 0 Å². The first kappa shape index (κ1) is 13.9. The van der Waals surface area contributed by atoms with Gasteiger partial charge in [-0.05, 0) is 13.8 Å². The lowest BCUT2D eigenvalue weighted by Crippen LogP contribution is -2.43. The second-order valence-corrected chi connectivity index (χ2v) is 5.36. The molecule has 5 nitrogen and oxygen atoms in total. The van der Waals surface area contributed by atoms with Crippen LogP contribution in [0.4, 0.5) is 0 Å². The highest BCUT2D eigenvalue weighted by molar-refractivity contribution is 7.89. The van der Waals surface area contributed by atoms with Gasteiger partial charge in [-0.25, -0.2) is 8.42 Å². The van der Waals surface area contributed by atoms with Crippen LogP contribution in [0.5, 0.6) is 0 Å². The summed E-state index contributed by atoms with van der Waals surface area (Å²) in [7, 11) is -2.35. The predicted octanol–water partition coefficient (Wildman–Crippen LogP) is -0.119. The van der Waals surface area contributed by atoms with Crippen LogP contribution >= 0.6 is 0 Å². The molecule has 0 spiro atoms. The van der Waals surface area contributed by atoms with Gasteiger partial charge in [0.25, 0.3) is 0 Å². The van der Waals surface area contributed by atoms with Crippen LogP contribution in [0.3, 0.4) is 0 Å². The Hall–Kier alpha value is -1.06. The topological polar surface area (TPSA) is 72.5 Å². The van der Waals surface area contributed by atoms with Gasteiger partial charge in [-0.3, -0.25) is 4.79 Å². The van der Waals surface area contributed by atoms with E-state index in [-0.39, 0.29) is 12.2 Å². The van der Waals surface area contributed by atoms with E-state index in [1.165, 1.54) is 7.11 Å². The van der Waals surface area contributed by atoms with Gasteiger partial charge in [-0.2, -0.15) is 4.72 Å². The molecule has 0 fully saturated rings. The maximum Gasteiger partial charge on any atom is 0.306 e. The van der Waals surface area contributed by atoms with Crippen LogP contribution in [-0.4, -0.2) is 32.8 Å². The molecule has 86 valence electrons. The third-order valence-corrected chi connectivity index (χ3v) is 3.14. The minimum atomic E-state index is -3.55. The van der Waals surface area contributed by atoms with Crippen molar-refractivity contribution in [3.8, 4) is 12.3 Å². The molecule has 0 saturated carbocycles. The molecule has 0 bridgehead atoms. The molecule has 0 aromatic heterocycles. The van der Waals surface area contributed by atoms with Gasteiger partial charge in [-0.15, -0.1) is 6.42 Å². The summed E-state index contributed by atoms with van der Waals surface area (Å²) < 4.78 is 29.4. The summed E-state index contributed by atoms with van der Waals surface area (Å²) in [6.07, 6.45) is 4.94. The second-order valence-electron chi connectivity index (χ2n) is 3.52. The van der Waals surface area contributed by atoms with Gasteiger partial charge in [0.05, 0.1) is 24.8 Å². The van der Waals surface area contributed by atoms with E-state index in [1.54, 1.807) is 13.8 Å². The fourth-order valence-corrected chi connectivity index (χ4v) is 2.16. The van der Waals surface area contributed by atoms with Crippen molar-refractivity contribution in [1.29, 1.82) is 0 Å². The Bertz CT molecular complexity index is 364. The summed E-state index contributed by atoms with van der Waals surface area (Å²) in [6.45, 7) is 3.12. The molecule has 0 amide bonds. The zero-order valence-corrected chi connectivity index (χ0v) is 9.85. The van der Waals surface area contributed by atoms with Crippen LogP contribution in [0.2, 0.25) is 0 Å². The van der Waals surface area contributed by atoms with Crippen LogP contribution < -0.4 is 4.72 Å². The number of rotatable bonds is 5. The molecular formula is C9H15NO4S. The smallest absolute Gasteiger partial charge is 0.306 e. The fraction of sp³-hybridized carbons (Fsp3) is 0.667. The summed E-state index contributed by atoms with van der Waals surface area (Å²) in [6, 6.07) is 0. The summed E-state index contributed by atoms with van der Waals surface area (Å²) in [5.74, 6) is 1.39. The lowest BCUT2D eigenvalue weighted by molar-refractivity contribution is -0.140. The molecule has 15 heavy (non-hydrogen) atoms. The molecule has 0 aromatic carbocycles. The van der Waals surface area contributed by atoms with E-state index >= 15 is 0 Å². The number of hydrogen-bond acceptors (Lipinski definition) is 4. The number of ether oxygens (including phenoxy) is 1. The van der Waals surface area contributed by atoms with E-state index in [4.69, 9.17) is 6.42 Å². The Balaban J connectivity index is 4.35. The van der Waals surface area contributed by atoms with Crippen LogP contribution in [0, 0.1) is 12.3 Å². The van der Waals surface area contributed by atoms with Crippen molar-refractivity contribution in [1.82, 2.24) is 4.72 Å². The molecule has 1 N–H and O–H groups in total. The predicted molar refractivity (Wildman–Crippen MR) is 56.5 cm³/mol. The van der Waals surface area contributed by atoms with E-state index in [0.717, 1.165) is 0 Å². The van der Waals surface area contributed by atoms with Crippen molar-refractivity contribution >= 4 is 16.0 Å². The van der Waals surface area contributed by atoms with Crippen molar-refractivity contribution in [3.63, 3.8) is 0 Å². The number of esters is 1. The summed E-state index contributed by atoms with van der Waals surface area (Å²) in [5.41, 5.74) is -0.949. The van der Waals surface area contributed by atoms with Gasteiger partial charge in [0.2, 0.25) is 10.0 Å². The Kier molecular flexibility index (Phi) is 4.78. The van der Waals surface area contributed by atoms with E-state index < -0.39 is 21.5 Å². The zero-order chi connectivity index (χ0) is 12.1. The zero-order valence-electron chi connectivity index (χ0n) is 9.03. The number of hydrogen-bond donors (Lipinski definition) is 1. The van der Waals surface area contributed by atoms with Crippen molar-refractivity contribution in [3.05, 3.63) is 0 Å². The summed E-state index contributed by atoms with van der Waals surface area (Å²) in [4.78, 5) is 10.7. The largest absolute Gasteiger partial charge is 0.469 e. The molecule has 0 aromatic rings. The first-order chi connectivity index (χ1) is 6.72. The minimum Gasteiger partial charge on any atom is -0.469 e. The van der Waals surface area contributed by atoms with Crippen LogP contribution in [-0.2, 0) is 19.6 Å². The standard InChI is InChI=1S/C9H15NO4S/c1-5-9(2,3)10-15(12,13)7-6-8(11)14-4/h1,10H,6-7H2,2-4H3. The van der Waals surface area contributed by atoms with Crippen molar-refractivity contribution in [2.75, 3.05) is 12.9 Å². The third-order valence-electron chi connectivity index (χ3n) is 1.57. The molecule has 6 heteroatoms. The second kappa shape index (κ2) is 5.14. The van der Waals surface area contributed by atoms with Gasteiger partial charge in [0.1, 0.15) is 0 Å². The molecule has 0 atom stereocenters. The fourth-order valence-electron chi connectivity index (χ4n) is 0.789. The Morgan fingerprint density at radius 2 is 2.07 bits per heavy atom. The van der Waals surface area contributed by atoms with Crippen molar-refractivity contribution in [2.45, 2.75) is 25.8 Å². The highest BCUT2D eigenvalue weighted by Gasteiger charge is 2.23. The Labute approximate surface area is 90.2 Å². The first-order valence-electron chi connectivity index (χ1n) is 4.28. The lowest BCUT2D eigenvalue weighted by Gasteiger charge is -2.19. The molecule has 0 heterocycles. The normalized spacial score (nSPS) is 11.9. The SMILES string of the molecule is C#CC(C)(C)NS(=O)(=O)CCC(=O)OC.